The highest BCUT2D eigenvalue weighted by molar-refractivity contribution is 4.74. The van der Waals surface area contributed by atoms with Gasteiger partial charge < -0.3 is 10.1 Å². The average Bonchev–Trinajstić information content (AvgIpc) is 2.21. The van der Waals surface area contributed by atoms with Crippen LogP contribution in [0.1, 0.15) is 40.5 Å². The van der Waals surface area contributed by atoms with E-state index >= 15 is 0 Å². The Morgan fingerprint density at radius 2 is 1.78 bits per heavy atom. The standard InChI is InChI=1S/C13H26F3NO/c1-5-17-11(4)12(10(2)3)7-6-8-18-9-13(14,15)16/h10-12,17H,5-9H2,1-4H3. The van der Waals surface area contributed by atoms with Crippen molar-refractivity contribution in [2.24, 2.45) is 11.8 Å². The summed E-state index contributed by atoms with van der Waals surface area (Å²) in [5.74, 6) is 0.987. The maximum Gasteiger partial charge on any atom is 0.411 e. The molecule has 0 aliphatic carbocycles. The second-order valence-electron chi connectivity index (χ2n) is 5.06. The van der Waals surface area contributed by atoms with E-state index in [-0.39, 0.29) is 6.61 Å². The zero-order chi connectivity index (χ0) is 14.2. The summed E-state index contributed by atoms with van der Waals surface area (Å²) in [6.45, 7) is 8.44. The molecule has 2 nitrogen and oxygen atoms in total. The van der Waals surface area contributed by atoms with Crippen molar-refractivity contribution in [1.82, 2.24) is 5.32 Å². The molecule has 0 spiro atoms. The Kier molecular flexibility index (Phi) is 8.61. The van der Waals surface area contributed by atoms with Crippen LogP contribution in [0.3, 0.4) is 0 Å². The Morgan fingerprint density at radius 1 is 1.17 bits per heavy atom. The maximum absolute atomic E-state index is 11.9. The molecule has 110 valence electrons. The van der Waals surface area contributed by atoms with Gasteiger partial charge in [0.1, 0.15) is 6.61 Å². The number of ether oxygens (including phenoxy) is 1. The Balaban J connectivity index is 3.84. The normalized spacial score (nSPS) is 16.0. The number of rotatable bonds is 9. The van der Waals surface area contributed by atoms with E-state index in [1.54, 1.807) is 0 Å². The van der Waals surface area contributed by atoms with Crippen LogP contribution in [0.4, 0.5) is 13.2 Å². The first-order valence-corrected chi connectivity index (χ1v) is 6.65. The molecule has 2 atom stereocenters. The zero-order valence-corrected chi connectivity index (χ0v) is 11.8. The Hall–Kier alpha value is -0.290. The van der Waals surface area contributed by atoms with Crippen LogP contribution in [0, 0.1) is 11.8 Å². The summed E-state index contributed by atoms with van der Waals surface area (Å²) in [5.41, 5.74) is 0. The molecule has 0 aliphatic heterocycles. The number of alkyl halides is 3. The SMILES string of the molecule is CCNC(C)C(CCCOCC(F)(F)F)C(C)C. The second-order valence-corrected chi connectivity index (χ2v) is 5.06. The van der Waals surface area contributed by atoms with Crippen molar-refractivity contribution in [3.63, 3.8) is 0 Å². The first kappa shape index (κ1) is 17.7. The van der Waals surface area contributed by atoms with E-state index in [2.05, 4.69) is 37.7 Å². The third-order valence-corrected chi connectivity index (χ3v) is 3.12. The van der Waals surface area contributed by atoms with Gasteiger partial charge in [0.25, 0.3) is 0 Å². The summed E-state index contributed by atoms with van der Waals surface area (Å²) < 4.78 is 40.2. The molecule has 0 heterocycles. The fraction of sp³-hybridized carbons (Fsp3) is 1.00. The van der Waals surface area contributed by atoms with Crippen LogP contribution in [0.5, 0.6) is 0 Å². The lowest BCUT2D eigenvalue weighted by atomic mass is 9.85. The number of hydrogen-bond donors (Lipinski definition) is 1. The number of halogens is 3. The van der Waals surface area contributed by atoms with Gasteiger partial charge in [0.05, 0.1) is 0 Å². The molecule has 0 amide bonds. The lowest BCUT2D eigenvalue weighted by molar-refractivity contribution is -0.174. The maximum atomic E-state index is 11.9. The fourth-order valence-electron chi connectivity index (χ4n) is 2.24. The second kappa shape index (κ2) is 8.75. The molecular weight excluding hydrogens is 243 g/mol. The molecular formula is C13H26F3NO. The van der Waals surface area contributed by atoms with Crippen molar-refractivity contribution >= 4 is 0 Å². The van der Waals surface area contributed by atoms with Gasteiger partial charge in [-0.1, -0.05) is 20.8 Å². The molecule has 0 radical (unpaired) electrons. The van der Waals surface area contributed by atoms with Crippen LogP contribution >= 0.6 is 0 Å². The topological polar surface area (TPSA) is 21.3 Å². The lowest BCUT2D eigenvalue weighted by Gasteiger charge is -2.28. The van der Waals surface area contributed by atoms with Gasteiger partial charge in [-0.25, -0.2) is 0 Å². The third-order valence-electron chi connectivity index (χ3n) is 3.12. The summed E-state index contributed by atoms with van der Waals surface area (Å²) in [5, 5.41) is 3.37. The summed E-state index contributed by atoms with van der Waals surface area (Å²) in [7, 11) is 0. The van der Waals surface area contributed by atoms with E-state index in [0.29, 0.717) is 24.3 Å². The molecule has 0 aliphatic rings. The average molecular weight is 269 g/mol. The Bertz CT molecular complexity index is 207. The van der Waals surface area contributed by atoms with Gasteiger partial charge in [-0.15, -0.1) is 0 Å². The van der Waals surface area contributed by atoms with E-state index in [4.69, 9.17) is 0 Å². The minimum absolute atomic E-state index is 0.182. The van der Waals surface area contributed by atoms with Crippen molar-refractivity contribution in [2.75, 3.05) is 19.8 Å². The van der Waals surface area contributed by atoms with Crippen LogP contribution < -0.4 is 5.32 Å². The quantitative estimate of drug-likeness (QED) is 0.646. The van der Waals surface area contributed by atoms with E-state index in [1.165, 1.54) is 0 Å². The number of nitrogens with one attached hydrogen (secondary N) is 1. The highest BCUT2D eigenvalue weighted by atomic mass is 19.4. The largest absolute Gasteiger partial charge is 0.411 e. The van der Waals surface area contributed by atoms with Crippen molar-refractivity contribution < 1.29 is 17.9 Å². The molecule has 0 rings (SSSR count). The smallest absolute Gasteiger partial charge is 0.372 e. The van der Waals surface area contributed by atoms with E-state index in [1.807, 2.05) is 0 Å². The van der Waals surface area contributed by atoms with Gasteiger partial charge in [0, 0.05) is 12.6 Å². The van der Waals surface area contributed by atoms with Gasteiger partial charge in [0.15, 0.2) is 0 Å². The molecule has 0 aromatic carbocycles. The van der Waals surface area contributed by atoms with E-state index in [0.717, 1.165) is 13.0 Å². The predicted molar refractivity (Wildman–Crippen MR) is 67.6 cm³/mol. The molecule has 0 aromatic rings. The van der Waals surface area contributed by atoms with Crippen molar-refractivity contribution in [2.45, 2.75) is 52.8 Å². The van der Waals surface area contributed by atoms with E-state index in [9.17, 15) is 13.2 Å². The minimum atomic E-state index is -4.21. The van der Waals surface area contributed by atoms with Crippen LogP contribution in [0.15, 0.2) is 0 Å². The number of hydrogen-bond acceptors (Lipinski definition) is 2. The fourth-order valence-corrected chi connectivity index (χ4v) is 2.24. The van der Waals surface area contributed by atoms with Crippen molar-refractivity contribution in [3.8, 4) is 0 Å². The summed E-state index contributed by atoms with van der Waals surface area (Å²) in [6, 6.07) is 0.387. The monoisotopic (exact) mass is 269 g/mol. The van der Waals surface area contributed by atoms with E-state index < -0.39 is 12.8 Å². The first-order chi connectivity index (χ1) is 8.28. The van der Waals surface area contributed by atoms with Crippen LogP contribution in [0.2, 0.25) is 0 Å². The highest BCUT2D eigenvalue weighted by Crippen LogP contribution is 2.21. The summed E-state index contributed by atoms with van der Waals surface area (Å²) in [4.78, 5) is 0. The van der Waals surface area contributed by atoms with Crippen LogP contribution in [-0.4, -0.2) is 32.0 Å². The predicted octanol–water partition coefficient (Wildman–Crippen LogP) is 3.62. The molecule has 1 N–H and O–H groups in total. The Morgan fingerprint density at radius 3 is 2.22 bits per heavy atom. The van der Waals surface area contributed by atoms with Crippen LogP contribution in [0.25, 0.3) is 0 Å². The lowest BCUT2D eigenvalue weighted by Crippen LogP contribution is -2.36. The molecule has 2 unspecified atom stereocenters. The van der Waals surface area contributed by atoms with Gasteiger partial charge in [-0.05, 0) is 38.1 Å². The molecule has 0 saturated heterocycles. The highest BCUT2D eigenvalue weighted by Gasteiger charge is 2.27. The first-order valence-electron chi connectivity index (χ1n) is 6.65. The summed E-state index contributed by atoms with van der Waals surface area (Å²) in [6.07, 6.45) is -2.65. The van der Waals surface area contributed by atoms with Gasteiger partial charge in [0.2, 0.25) is 0 Å². The molecule has 0 bridgehead atoms. The van der Waals surface area contributed by atoms with Crippen LogP contribution in [-0.2, 0) is 4.74 Å². The van der Waals surface area contributed by atoms with Gasteiger partial charge >= 0.3 is 6.18 Å². The molecule has 0 aromatic heterocycles. The zero-order valence-electron chi connectivity index (χ0n) is 11.8. The Labute approximate surface area is 108 Å². The molecule has 0 fully saturated rings. The third kappa shape index (κ3) is 8.75. The minimum Gasteiger partial charge on any atom is -0.372 e. The van der Waals surface area contributed by atoms with Crippen molar-refractivity contribution in [1.29, 1.82) is 0 Å². The summed E-state index contributed by atoms with van der Waals surface area (Å²) >= 11 is 0. The molecule has 18 heavy (non-hydrogen) atoms. The molecule has 5 heteroatoms. The van der Waals surface area contributed by atoms with Crippen molar-refractivity contribution in [3.05, 3.63) is 0 Å². The van der Waals surface area contributed by atoms with Gasteiger partial charge in [-0.3, -0.25) is 0 Å². The van der Waals surface area contributed by atoms with Gasteiger partial charge in [-0.2, -0.15) is 13.2 Å². The molecule has 0 saturated carbocycles.